The fourth-order valence-electron chi connectivity index (χ4n) is 6.58. The molecule has 0 bridgehead atoms. The zero-order valence-electron chi connectivity index (χ0n) is 25.8. The second kappa shape index (κ2) is 11.5. The van der Waals surface area contributed by atoms with Crippen LogP contribution in [0.5, 0.6) is 5.88 Å². The van der Waals surface area contributed by atoms with E-state index in [1.54, 1.807) is 18.2 Å². The lowest BCUT2D eigenvalue weighted by Crippen LogP contribution is -2.37. The van der Waals surface area contributed by atoms with Crippen LogP contribution < -0.4 is 4.74 Å². The summed E-state index contributed by atoms with van der Waals surface area (Å²) in [6.07, 6.45) is 8.45. The lowest BCUT2D eigenvalue weighted by Gasteiger charge is -2.28. The van der Waals surface area contributed by atoms with Crippen molar-refractivity contribution in [3.63, 3.8) is 0 Å². The lowest BCUT2D eigenvalue weighted by molar-refractivity contribution is -0.146. The smallest absolute Gasteiger partial charge is 0.315 e. The van der Waals surface area contributed by atoms with E-state index in [0.717, 1.165) is 63.9 Å². The fourth-order valence-corrected chi connectivity index (χ4v) is 6.58. The summed E-state index contributed by atoms with van der Waals surface area (Å²) in [6, 6.07) is 9.96. The minimum Gasteiger partial charge on any atom is -0.481 e. The number of carbonyl (C=O) groups excluding carboxylic acids is 3. The predicted octanol–water partition coefficient (Wildman–Crippen LogP) is 4.19. The molecule has 0 spiro atoms. The second-order valence-corrected chi connectivity index (χ2v) is 12.1. The Labute approximate surface area is 261 Å². The number of amides is 2. The van der Waals surface area contributed by atoms with Crippen LogP contribution in [0.25, 0.3) is 27.6 Å². The van der Waals surface area contributed by atoms with Crippen molar-refractivity contribution < 1.29 is 23.9 Å². The highest BCUT2D eigenvalue weighted by Crippen LogP contribution is 2.41. The van der Waals surface area contributed by atoms with Crippen molar-refractivity contribution in [1.82, 2.24) is 29.1 Å². The van der Waals surface area contributed by atoms with E-state index in [1.165, 1.54) is 7.11 Å². The van der Waals surface area contributed by atoms with Gasteiger partial charge in [0, 0.05) is 72.8 Å². The number of hydrogen-bond donors (Lipinski definition) is 0. The molecule has 0 radical (unpaired) electrons. The average Bonchev–Trinajstić information content (AvgIpc) is 3.51. The van der Waals surface area contributed by atoms with Crippen molar-refractivity contribution >= 4 is 34.3 Å². The van der Waals surface area contributed by atoms with Crippen LogP contribution in [-0.2, 0) is 41.0 Å². The number of fused-ring (bicyclic) bond motifs is 2. The van der Waals surface area contributed by atoms with Crippen LogP contribution in [0.3, 0.4) is 0 Å². The quantitative estimate of drug-likeness (QED) is 0.218. The first-order valence-corrected chi connectivity index (χ1v) is 15.3. The van der Waals surface area contributed by atoms with Crippen LogP contribution in [0.4, 0.5) is 0 Å². The van der Waals surface area contributed by atoms with Gasteiger partial charge in [-0.3, -0.25) is 19.1 Å². The number of methoxy groups -OCH3 is 2. The zero-order chi connectivity index (χ0) is 31.2. The summed E-state index contributed by atoms with van der Waals surface area (Å²) in [7, 11) is 4.80. The van der Waals surface area contributed by atoms with E-state index in [4.69, 9.17) is 9.47 Å². The van der Waals surface area contributed by atoms with Crippen LogP contribution in [0.1, 0.15) is 53.0 Å². The molecule has 3 aliphatic rings. The molecule has 45 heavy (non-hydrogen) atoms. The number of pyridine rings is 1. The van der Waals surface area contributed by atoms with Crippen molar-refractivity contribution in [2.75, 3.05) is 27.3 Å². The standard InChI is InChI=1S/C34H36N6O5/c1-37-29-20-39(19-25(29)16-36-37)34(43)24-12-23-14-28(22-6-5-11-38(18-22)30(41)15-31(42)44-2)40(17-21-8-9-21)32(23)27(13-24)26-7-4-10-35-33(26)45-3/h4,6-7,10,12-14,16,21H,5,8-9,11,15,17-20H2,1-3H3. The molecule has 5 heterocycles. The molecule has 11 nitrogen and oxygen atoms in total. The molecule has 232 valence electrons. The number of esters is 1. The molecule has 2 amide bonds. The van der Waals surface area contributed by atoms with Gasteiger partial charge in [0.25, 0.3) is 5.91 Å². The molecule has 0 unspecified atom stereocenters. The van der Waals surface area contributed by atoms with Crippen LogP contribution in [0, 0.1) is 5.92 Å². The van der Waals surface area contributed by atoms with E-state index in [9.17, 15) is 14.4 Å². The number of ether oxygens (including phenoxy) is 2. The number of aromatic nitrogens is 4. The maximum absolute atomic E-state index is 14.1. The van der Waals surface area contributed by atoms with Crippen molar-refractivity contribution in [2.45, 2.75) is 45.3 Å². The normalized spacial score (nSPS) is 16.1. The van der Waals surface area contributed by atoms with Gasteiger partial charge in [0.05, 0.1) is 38.2 Å². The maximum Gasteiger partial charge on any atom is 0.315 e. The molecular weight excluding hydrogens is 572 g/mol. The molecule has 0 N–H and O–H groups in total. The molecule has 7 rings (SSSR count). The summed E-state index contributed by atoms with van der Waals surface area (Å²) >= 11 is 0. The summed E-state index contributed by atoms with van der Waals surface area (Å²) in [6.45, 7) is 2.79. The van der Waals surface area contributed by atoms with Gasteiger partial charge < -0.3 is 23.8 Å². The van der Waals surface area contributed by atoms with E-state index in [2.05, 4.69) is 26.8 Å². The first-order valence-electron chi connectivity index (χ1n) is 15.3. The number of carbonyl (C=O) groups is 3. The van der Waals surface area contributed by atoms with Crippen molar-refractivity contribution in [3.05, 3.63) is 71.3 Å². The molecular formula is C34H36N6O5. The third-order valence-electron chi connectivity index (χ3n) is 9.12. The highest BCUT2D eigenvalue weighted by Gasteiger charge is 2.31. The minimum absolute atomic E-state index is 0.0508. The predicted molar refractivity (Wildman–Crippen MR) is 167 cm³/mol. The fraction of sp³-hybridized carbons (Fsp3) is 0.382. The summed E-state index contributed by atoms with van der Waals surface area (Å²) in [4.78, 5) is 46.9. The molecule has 1 saturated carbocycles. The van der Waals surface area contributed by atoms with Gasteiger partial charge in [0.1, 0.15) is 6.42 Å². The summed E-state index contributed by atoms with van der Waals surface area (Å²) in [5.74, 6) is 0.212. The molecule has 0 saturated heterocycles. The number of hydrogen-bond acceptors (Lipinski definition) is 7. The number of aryl methyl sites for hydroxylation is 1. The SMILES string of the molecule is COC(=O)CC(=O)N1CCC=C(c2cc3cc(C(=O)N4Cc5cnn(C)c5C4)cc(-c4cccnc4OC)c3n2CC2CC2)C1. The van der Waals surface area contributed by atoms with Gasteiger partial charge in [0.2, 0.25) is 11.8 Å². The topological polar surface area (TPSA) is 112 Å². The van der Waals surface area contributed by atoms with E-state index in [-0.39, 0.29) is 18.2 Å². The Morgan fingerprint density at radius 1 is 1.02 bits per heavy atom. The zero-order valence-corrected chi connectivity index (χ0v) is 25.8. The highest BCUT2D eigenvalue weighted by molar-refractivity contribution is 6.06. The van der Waals surface area contributed by atoms with Gasteiger partial charge in [-0.2, -0.15) is 5.10 Å². The molecule has 1 aliphatic carbocycles. The van der Waals surface area contributed by atoms with Crippen LogP contribution in [-0.4, -0.2) is 74.2 Å². The molecule has 11 heteroatoms. The largest absolute Gasteiger partial charge is 0.481 e. The van der Waals surface area contributed by atoms with E-state index < -0.39 is 5.97 Å². The third-order valence-corrected chi connectivity index (χ3v) is 9.12. The number of rotatable bonds is 8. The van der Waals surface area contributed by atoms with E-state index >= 15 is 0 Å². The number of nitrogens with zero attached hydrogens (tertiary/aromatic N) is 6. The Morgan fingerprint density at radius 2 is 1.87 bits per heavy atom. The monoisotopic (exact) mass is 608 g/mol. The molecule has 0 atom stereocenters. The highest BCUT2D eigenvalue weighted by atomic mass is 16.5. The third kappa shape index (κ3) is 5.36. The van der Waals surface area contributed by atoms with Crippen LogP contribution >= 0.6 is 0 Å². The molecule has 4 aromatic rings. The minimum atomic E-state index is -0.538. The van der Waals surface area contributed by atoms with Gasteiger partial charge >= 0.3 is 5.97 Å². The Bertz CT molecular complexity index is 1870. The van der Waals surface area contributed by atoms with Crippen LogP contribution in [0.2, 0.25) is 0 Å². The van der Waals surface area contributed by atoms with Gasteiger partial charge in [-0.1, -0.05) is 6.08 Å². The maximum atomic E-state index is 14.1. The average molecular weight is 609 g/mol. The van der Waals surface area contributed by atoms with Crippen molar-refractivity contribution in [1.29, 1.82) is 0 Å². The first kappa shape index (κ1) is 28.8. The molecule has 2 aliphatic heterocycles. The Balaban J connectivity index is 1.34. The summed E-state index contributed by atoms with van der Waals surface area (Å²) in [5, 5.41) is 5.28. The molecule has 3 aromatic heterocycles. The van der Waals surface area contributed by atoms with Gasteiger partial charge in [0.15, 0.2) is 0 Å². The van der Waals surface area contributed by atoms with Gasteiger partial charge in [-0.15, -0.1) is 0 Å². The van der Waals surface area contributed by atoms with E-state index in [0.29, 0.717) is 50.0 Å². The lowest BCUT2D eigenvalue weighted by atomic mass is 9.99. The number of benzene rings is 1. The van der Waals surface area contributed by atoms with E-state index in [1.807, 2.05) is 47.1 Å². The van der Waals surface area contributed by atoms with Crippen molar-refractivity contribution in [3.8, 4) is 17.0 Å². The Morgan fingerprint density at radius 3 is 2.62 bits per heavy atom. The van der Waals surface area contributed by atoms with Crippen LogP contribution in [0.15, 0.2) is 48.8 Å². The Hall–Kier alpha value is -4.93. The second-order valence-electron chi connectivity index (χ2n) is 12.1. The van der Waals surface area contributed by atoms with Gasteiger partial charge in [-0.25, -0.2) is 4.98 Å². The Kier molecular flexibility index (Phi) is 7.39. The summed E-state index contributed by atoms with van der Waals surface area (Å²) < 4.78 is 14.6. The molecule has 1 fully saturated rings. The van der Waals surface area contributed by atoms with Gasteiger partial charge in [-0.05, 0) is 61.1 Å². The molecule has 1 aromatic carbocycles. The first-order chi connectivity index (χ1) is 21.8. The summed E-state index contributed by atoms with van der Waals surface area (Å²) in [5.41, 5.74) is 7.43. The van der Waals surface area contributed by atoms with Crippen molar-refractivity contribution in [2.24, 2.45) is 13.0 Å².